The molecule has 3 aromatic rings. The molecule has 0 fully saturated rings. The Morgan fingerprint density at radius 1 is 1.30 bits per heavy atom. The van der Waals surface area contributed by atoms with Crippen molar-refractivity contribution >= 4 is 34.4 Å². The van der Waals surface area contributed by atoms with Crippen LogP contribution in [0.5, 0.6) is 5.75 Å². The van der Waals surface area contributed by atoms with Gasteiger partial charge in [-0.3, -0.25) is 0 Å². The molecule has 118 valence electrons. The Kier molecular flexibility index (Phi) is 4.94. The summed E-state index contributed by atoms with van der Waals surface area (Å²) in [7, 11) is 0. The third-order valence-electron chi connectivity index (χ3n) is 3.32. The molecule has 0 spiro atoms. The van der Waals surface area contributed by atoms with E-state index in [9.17, 15) is 0 Å². The van der Waals surface area contributed by atoms with E-state index in [4.69, 9.17) is 16.3 Å². The molecule has 23 heavy (non-hydrogen) atoms. The highest BCUT2D eigenvalue weighted by Gasteiger charge is 2.12. The normalized spacial score (nSPS) is 10.9. The summed E-state index contributed by atoms with van der Waals surface area (Å²) in [5.41, 5.74) is 2.75. The van der Waals surface area contributed by atoms with Gasteiger partial charge in [-0.1, -0.05) is 17.7 Å². The predicted molar refractivity (Wildman–Crippen MR) is 98.6 cm³/mol. The third kappa shape index (κ3) is 3.54. The van der Waals surface area contributed by atoms with Crippen LogP contribution < -0.4 is 4.74 Å². The second kappa shape index (κ2) is 7.11. The molecule has 2 aromatic carbocycles. The van der Waals surface area contributed by atoms with Gasteiger partial charge in [0.15, 0.2) is 0 Å². The Labute approximate surface area is 144 Å². The van der Waals surface area contributed by atoms with Crippen molar-refractivity contribution in [2.75, 3.05) is 12.4 Å². The first kappa shape index (κ1) is 16.0. The van der Waals surface area contributed by atoms with Crippen LogP contribution in [0.25, 0.3) is 22.4 Å². The van der Waals surface area contributed by atoms with E-state index < -0.39 is 0 Å². The summed E-state index contributed by atoms with van der Waals surface area (Å²) >= 11 is 7.77. The molecule has 0 saturated heterocycles. The minimum Gasteiger partial charge on any atom is -0.493 e. The summed E-state index contributed by atoms with van der Waals surface area (Å²) in [6, 6.07) is 11.8. The second-order valence-electron chi connectivity index (χ2n) is 4.94. The fraction of sp³-hybridized carbons (Fsp3) is 0.167. The van der Waals surface area contributed by atoms with Gasteiger partial charge in [0, 0.05) is 15.7 Å². The highest BCUT2D eigenvalue weighted by atomic mass is 35.5. The van der Waals surface area contributed by atoms with Crippen molar-refractivity contribution in [2.24, 2.45) is 0 Å². The largest absolute Gasteiger partial charge is 0.493 e. The number of ether oxygens (including phenoxy) is 1. The number of nitrogens with one attached hydrogen (secondary N) is 1. The lowest BCUT2D eigenvalue weighted by molar-refractivity contribution is 0.340. The molecular weight excluding hydrogens is 328 g/mol. The molecule has 0 aliphatic rings. The molecule has 0 saturated carbocycles. The summed E-state index contributed by atoms with van der Waals surface area (Å²) in [6.07, 6.45) is 1.89. The molecule has 0 amide bonds. The predicted octanol–water partition coefficient (Wildman–Crippen LogP) is 5.56. The van der Waals surface area contributed by atoms with Crippen LogP contribution in [0, 0.1) is 0 Å². The number of aromatic nitrogens is 2. The van der Waals surface area contributed by atoms with Gasteiger partial charge in [-0.05, 0) is 43.3 Å². The summed E-state index contributed by atoms with van der Waals surface area (Å²) in [5.74, 6) is 2.48. The van der Waals surface area contributed by atoms with Gasteiger partial charge in [0.05, 0.1) is 23.2 Å². The number of thioether (sulfide) groups is 1. The van der Waals surface area contributed by atoms with Gasteiger partial charge in [-0.2, -0.15) is 0 Å². The van der Waals surface area contributed by atoms with Crippen molar-refractivity contribution in [3.63, 3.8) is 0 Å². The summed E-state index contributed by atoms with van der Waals surface area (Å²) in [5, 5.41) is 0.689. The van der Waals surface area contributed by atoms with Gasteiger partial charge in [0.1, 0.15) is 11.6 Å². The van der Waals surface area contributed by atoms with E-state index in [1.54, 1.807) is 11.8 Å². The van der Waals surface area contributed by atoms with E-state index in [0.29, 0.717) is 11.6 Å². The maximum absolute atomic E-state index is 6.04. The van der Waals surface area contributed by atoms with Gasteiger partial charge in [0.25, 0.3) is 0 Å². The third-order valence-corrected chi connectivity index (χ3v) is 4.54. The molecular formula is C18H17ClN2OS. The van der Waals surface area contributed by atoms with Crippen LogP contribution in [0.3, 0.4) is 0 Å². The highest BCUT2D eigenvalue weighted by Crippen LogP contribution is 2.34. The number of H-pyrrole nitrogens is 1. The Bertz CT molecular complexity index is 844. The van der Waals surface area contributed by atoms with Crippen LogP contribution in [0.1, 0.15) is 6.92 Å². The molecule has 0 unspecified atom stereocenters. The van der Waals surface area contributed by atoms with Crippen LogP contribution in [0.15, 0.2) is 53.9 Å². The van der Waals surface area contributed by atoms with Crippen LogP contribution in [-0.2, 0) is 0 Å². The monoisotopic (exact) mass is 344 g/mol. The average Bonchev–Trinajstić information content (AvgIpc) is 2.96. The number of hydrogen-bond donors (Lipinski definition) is 1. The number of halogens is 1. The van der Waals surface area contributed by atoms with Gasteiger partial charge < -0.3 is 9.72 Å². The first-order valence-corrected chi connectivity index (χ1v) is 8.74. The van der Waals surface area contributed by atoms with Crippen molar-refractivity contribution < 1.29 is 4.74 Å². The lowest BCUT2D eigenvalue weighted by Crippen LogP contribution is -1.95. The standard InChI is InChI=1S/C18H17ClN2OS/c1-3-9-23-13-6-7-14(17(11-13)22-4-2)18-20-15-8-5-12(19)10-16(15)21-18/h3,5-8,10-11H,1,4,9H2,2H3,(H,20,21). The molecule has 1 aromatic heterocycles. The molecule has 5 heteroatoms. The number of benzene rings is 2. The van der Waals surface area contributed by atoms with Crippen molar-refractivity contribution in [3.8, 4) is 17.1 Å². The van der Waals surface area contributed by atoms with Crippen LogP contribution in [0.4, 0.5) is 0 Å². The molecule has 0 radical (unpaired) electrons. The van der Waals surface area contributed by atoms with Crippen LogP contribution >= 0.6 is 23.4 Å². The highest BCUT2D eigenvalue weighted by molar-refractivity contribution is 7.99. The second-order valence-corrected chi connectivity index (χ2v) is 6.47. The zero-order valence-electron chi connectivity index (χ0n) is 12.8. The van der Waals surface area contributed by atoms with Crippen molar-refractivity contribution in [3.05, 3.63) is 54.1 Å². The van der Waals surface area contributed by atoms with E-state index in [1.807, 2.05) is 43.3 Å². The minimum atomic E-state index is 0.606. The first-order chi connectivity index (χ1) is 11.2. The van der Waals surface area contributed by atoms with E-state index >= 15 is 0 Å². The summed E-state index contributed by atoms with van der Waals surface area (Å²) in [6.45, 7) is 6.34. The number of aromatic amines is 1. The van der Waals surface area contributed by atoms with E-state index in [-0.39, 0.29) is 0 Å². The molecule has 0 aliphatic heterocycles. The van der Waals surface area contributed by atoms with Crippen molar-refractivity contribution in [2.45, 2.75) is 11.8 Å². The van der Waals surface area contributed by atoms with Crippen LogP contribution in [-0.4, -0.2) is 22.3 Å². The molecule has 3 rings (SSSR count). The summed E-state index contributed by atoms with van der Waals surface area (Å²) in [4.78, 5) is 9.11. The first-order valence-electron chi connectivity index (χ1n) is 7.37. The quantitative estimate of drug-likeness (QED) is 0.470. The van der Waals surface area contributed by atoms with E-state index in [0.717, 1.165) is 38.8 Å². The molecule has 0 bridgehead atoms. The zero-order chi connectivity index (χ0) is 16.2. The van der Waals surface area contributed by atoms with Gasteiger partial charge in [-0.15, -0.1) is 18.3 Å². The maximum Gasteiger partial charge on any atom is 0.142 e. The smallest absolute Gasteiger partial charge is 0.142 e. The van der Waals surface area contributed by atoms with Gasteiger partial charge in [-0.25, -0.2) is 4.98 Å². The van der Waals surface area contributed by atoms with Crippen LogP contribution in [0.2, 0.25) is 5.02 Å². The molecule has 0 atom stereocenters. The summed E-state index contributed by atoms with van der Waals surface area (Å²) < 4.78 is 5.81. The van der Waals surface area contributed by atoms with E-state index in [1.165, 1.54) is 0 Å². The Hall–Kier alpha value is -1.91. The SMILES string of the molecule is C=CCSc1ccc(-c2nc3ccc(Cl)cc3[nH]2)c(OCC)c1. The fourth-order valence-corrected chi connectivity index (χ4v) is 3.16. The number of imidazole rings is 1. The fourth-order valence-electron chi connectivity index (χ4n) is 2.33. The molecule has 1 heterocycles. The van der Waals surface area contributed by atoms with Gasteiger partial charge in [0.2, 0.25) is 0 Å². The van der Waals surface area contributed by atoms with E-state index in [2.05, 4.69) is 22.6 Å². The Morgan fingerprint density at radius 2 is 2.17 bits per heavy atom. The lowest BCUT2D eigenvalue weighted by Gasteiger charge is -2.10. The number of rotatable bonds is 6. The topological polar surface area (TPSA) is 37.9 Å². The molecule has 3 nitrogen and oxygen atoms in total. The van der Waals surface area contributed by atoms with Crippen molar-refractivity contribution in [1.82, 2.24) is 9.97 Å². The van der Waals surface area contributed by atoms with Crippen molar-refractivity contribution in [1.29, 1.82) is 0 Å². The Balaban J connectivity index is 2.03. The minimum absolute atomic E-state index is 0.606. The van der Waals surface area contributed by atoms with Gasteiger partial charge >= 0.3 is 0 Å². The molecule has 0 aliphatic carbocycles. The molecule has 1 N–H and O–H groups in total. The average molecular weight is 345 g/mol. The number of hydrogen-bond acceptors (Lipinski definition) is 3. The lowest BCUT2D eigenvalue weighted by atomic mass is 10.2. The zero-order valence-corrected chi connectivity index (χ0v) is 14.4. The number of nitrogens with zero attached hydrogens (tertiary/aromatic N) is 1. The maximum atomic E-state index is 6.04. The Morgan fingerprint density at radius 3 is 2.96 bits per heavy atom. The number of fused-ring (bicyclic) bond motifs is 1.